The van der Waals surface area contributed by atoms with Crippen LogP contribution in [0.2, 0.25) is 0 Å². The van der Waals surface area contributed by atoms with Crippen LogP contribution < -0.4 is 5.32 Å². The molecule has 5 heteroatoms. The van der Waals surface area contributed by atoms with Crippen LogP contribution in [0.5, 0.6) is 0 Å². The Balaban J connectivity index is 2.05. The first-order chi connectivity index (χ1) is 9.18. The van der Waals surface area contributed by atoms with Crippen LogP contribution in [-0.4, -0.2) is 33.7 Å². The average Bonchev–Trinajstić information content (AvgIpc) is 2.81. The zero-order valence-electron chi connectivity index (χ0n) is 11.4. The lowest BCUT2D eigenvalue weighted by molar-refractivity contribution is 0.0689. The summed E-state index contributed by atoms with van der Waals surface area (Å²) in [5.41, 5.74) is 1.24. The maximum Gasteiger partial charge on any atom is 0.356 e. The smallest absolute Gasteiger partial charge is 0.356 e. The van der Waals surface area contributed by atoms with Crippen molar-refractivity contribution in [2.75, 3.05) is 13.1 Å². The number of aromatic carboxylic acids is 1. The van der Waals surface area contributed by atoms with Gasteiger partial charge in [-0.05, 0) is 52.1 Å². The second kappa shape index (κ2) is 4.96. The van der Waals surface area contributed by atoms with Gasteiger partial charge in [-0.2, -0.15) is 0 Å². The first kappa shape index (κ1) is 12.7. The fraction of sp³-hybridized carbons (Fsp3) is 0.714. The van der Waals surface area contributed by atoms with E-state index in [1.165, 1.54) is 0 Å². The van der Waals surface area contributed by atoms with E-state index < -0.39 is 5.97 Å². The van der Waals surface area contributed by atoms with E-state index in [2.05, 4.69) is 21.8 Å². The van der Waals surface area contributed by atoms with Gasteiger partial charge in [0.05, 0.1) is 5.69 Å². The maximum absolute atomic E-state index is 11.4. The molecule has 1 saturated heterocycles. The van der Waals surface area contributed by atoms with Crippen molar-refractivity contribution in [2.45, 2.75) is 51.0 Å². The molecule has 104 valence electrons. The zero-order valence-corrected chi connectivity index (χ0v) is 11.4. The molecule has 2 N–H and O–H groups in total. The third-order valence-electron chi connectivity index (χ3n) is 4.42. The molecule has 1 atom stereocenters. The summed E-state index contributed by atoms with van der Waals surface area (Å²) in [4.78, 5) is 15.9. The number of imidazole rings is 1. The van der Waals surface area contributed by atoms with E-state index >= 15 is 0 Å². The van der Waals surface area contributed by atoms with Crippen molar-refractivity contribution >= 4 is 5.97 Å². The van der Waals surface area contributed by atoms with Crippen molar-refractivity contribution < 1.29 is 9.90 Å². The number of piperidine rings is 1. The summed E-state index contributed by atoms with van der Waals surface area (Å²) in [6, 6.07) is 0.384. The molecule has 0 saturated carbocycles. The van der Waals surface area contributed by atoms with Crippen molar-refractivity contribution in [1.82, 2.24) is 14.9 Å². The molecule has 1 aromatic heterocycles. The number of hydrogen-bond acceptors (Lipinski definition) is 3. The Morgan fingerprint density at radius 3 is 2.79 bits per heavy atom. The molecule has 1 aromatic rings. The molecule has 0 amide bonds. The molecule has 0 aromatic carbocycles. The normalized spacial score (nSPS) is 24.2. The van der Waals surface area contributed by atoms with Crippen molar-refractivity contribution in [3.8, 4) is 0 Å². The highest BCUT2D eigenvalue weighted by atomic mass is 16.4. The number of nitrogens with zero attached hydrogens (tertiary/aromatic N) is 2. The maximum atomic E-state index is 11.4. The summed E-state index contributed by atoms with van der Waals surface area (Å²) in [7, 11) is 0. The van der Waals surface area contributed by atoms with E-state index in [9.17, 15) is 9.90 Å². The minimum absolute atomic E-state index is 0.292. The summed E-state index contributed by atoms with van der Waals surface area (Å²) in [6.45, 7) is 4.19. The fourth-order valence-corrected chi connectivity index (χ4v) is 3.45. The largest absolute Gasteiger partial charge is 0.476 e. The molecule has 5 nitrogen and oxygen atoms in total. The van der Waals surface area contributed by atoms with Crippen LogP contribution in [-0.2, 0) is 6.42 Å². The van der Waals surface area contributed by atoms with E-state index in [4.69, 9.17) is 0 Å². The highest BCUT2D eigenvalue weighted by Gasteiger charge is 2.31. The molecule has 0 bridgehead atoms. The molecule has 0 radical (unpaired) electrons. The van der Waals surface area contributed by atoms with Gasteiger partial charge >= 0.3 is 5.97 Å². The predicted molar refractivity (Wildman–Crippen MR) is 71.7 cm³/mol. The average molecular weight is 263 g/mol. The summed E-state index contributed by atoms with van der Waals surface area (Å²) in [5.74, 6) is 0.549. The van der Waals surface area contributed by atoms with Crippen LogP contribution in [0.15, 0.2) is 0 Å². The quantitative estimate of drug-likeness (QED) is 0.855. The molecule has 3 rings (SSSR count). The van der Waals surface area contributed by atoms with E-state index in [0.29, 0.717) is 17.7 Å². The predicted octanol–water partition coefficient (Wildman–Crippen LogP) is 1.95. The molecule has 0 spiro atoms. The number of hydrogen-bond donors (Lipinski definition) is 2. The highest BCUT2D eigenvalue weighted by Crippen LogP contribution is 2.34. The number of carbonyl (C=O) groups is 1. The van der Waals surface area contributed by atoms with Crippen molar-refractivity contribution in [3.05, 3.63) is 17.2 Å². The topological polar surface area (TPSA) is 67.2 Å². The lowest BCUT2D eigenvalue weighted by atomic mass is 9.95. The lowest BCUT2D eigenvalue weighted by Crippen LogP contribution is -2.29. The van der Waals surface area contributed by atoms with Crippen LogP contribution in [0, 0.1) is 0 Å². The third kappa shape index (κ3) is 2.16. The van der Waals surface area contributed by atoms with Gasteiger partial charge in [0, 0.05) is 12.0 Å². The van der Waals surface area contributed by atoms with Gasteiger partial charge in [0.15, 0.2) is 5.69 Å². The summed E-state index contributed by atoms with van der Waals surface area (Å²) in [5, 5.41) is 12.7. The van der Waals surface area contributed by atoms with Crippen LogP contribution in [0.1, 0.15) is 66.6 Å². The van der Waals surface area contributed by atoms with Crippen LogP contribution in [0.3, 0.4) is 0 Å². The Hall–Kier alpha value is -1.36. The van der Waals surface area contributed by atoms with Gasteiger partial charge in [-0.1, -0.05) is 0 Å². The summed E-state index contributed by atoms with van der Waals surface area (Å²) < 4.78 is 2.23. The third-order valence-corrected chi connectivity index (χ3v) is 4.42. The molecular weight excluding hydrogens is 242 g/mol. The number of nitrogens with one attached hydrogen (secondary N) is 1. The minimum Gasteiger partial charge on any atom is -0.476 e. The van der Waals surface area contributed by atoms with E-state index in [-0.39, 0.29) is 0 Å². The summed E-state index contributed by atoms with van der Waals surface area (Å²) in [6.07, 6.45) is 5.16. The molecule has 2 aliphatic heterocycles. The Morgan fingerprint density at radius 2 is 2.11 bits per heavy atom. The van der Waals surface area contributed by atoms with Crippen molar-refractivity contribution in [2.24, 2.45) is 0 Å². The first-order valence-electron chi connectivity index (χ1n) is 7.23. The number of rotatable bonds is 2. The van der Waals surface area contributed by atoms with Crippen LogP contribution in [0.25, 0.3) is 0 Å². The first-order valence-corrected chi connectivity index (χ1v) is 7.23. The molecular formula is C14H21N3O2. The molecule has 1 fully saturated rings. The number of carboxylic acid groups (broad SMARTS) is 1. The number of aromatic nitrogens is 2. The Kier molecular flexibility index (Phi) is 3.31. The minimum atomic E-state index is -0.877. The van der Waals surface area contributed by atoms with Gasteiger partial charge < -0.3 is 15.0 Å². The van der Waals surface area contributed by atoms with Gasteiger partial charge in [-0.3, -0.25) is 0 Å². The molecule has 3 heterocycles. The Labute approximate surface area is 113 Å². The van der Waals surface area contributed by atoms with Gasteiger partial charge in [-0.15, -0.1) is 0 Å². The Bertz CT molecular complexity index is 489. The lowest BCUT2D eigenvalue weighted by Gasteiger charge is -2.29. The van der Waals surface area contributed by atoms with Crippen molar-refractivity contribution in [3.63, 3.8) is 0 Å². The zero-order chi connectivity index (χ0) is 13.4. The highest BCUT2D eigenvalue weighted by molar-refractivity contribution is 5.87. The second-order valence-electron chi connectivity index (χ2n) is 5.71. The molecule has 0 aliphatic carbocycles. The fourth-order valence-electron chi connectivity index (χ4n) is 3.45. The van der Waals surface area contributed by atoms with Crippen molar-refractivity contribution in [1.29, 1.82) is 0 Å². The van der Waals surface area contributed by atoms with E-state index in [1.54, 1.807) is 0 Å². The Morgan fingerprint density at radius 1 is 1.37 bits per heavy atom. The van der Waals surface area contributed by atoms with Crippen LogP contribution in [0.4, 0.5) is 0 Å². The monoisotopic (exact) mass is 263 g/mol. The van der Waals surface area contributed by atoms with Gasteiger partial charge in [0.25, 0.3) is 0 Å². The number of fused-ring (bicyclic) bond motifs is 1. The summed E-state index contributed by atoms with van der Waals surface area (Å²) >= 11 is 0. The molecule has 19 heavy (non-hydrogen) atoms. The van der Waals surface area contributed by atoms with Gasteiger partial charge in [0.2, 0.25) is 0 Å². The van der Waals surface area contributed by atoms with Crippen LogP contribution >= 0.6 is 0 Å². The second-order valence-corrected chi connectivity index (χ2v) is 5.71. The molecule has 2 aliphatic rings. The molecule has 1 unspecified atom stereocenters. The number of carboxylic acids is 1. The standard InChI is InChI=1S/C14H21N3O2/c1-9-3-2-4-11-12(14(18)19)16-13(17(9)11)10-5-7-15-8-6-10/h9-10,15H,2-8H2,1H3,(H,18,19). The van der Waals surface area contributed by atoms with E-state index in [1.807, 2.05) is 0 Å². The van der Waals surface area contributed by atoms with Gasteiger partial charge in [-0.25, -0.2) is 9.78 Å². The van der Waals surface area contributed by atoms with E-state index in [0.717, 1.165) is 56.7 Å². The SMILES string of the molecule is CC1CCCc2c(C(=O)O)nc(C3CCNCC3)n21. The van der Waals surface area contributed by atoms with Gasteiger partial charge in [0.1, 0.15) is 5.82 Å².